The zero-order valence-electron chi connectivity index (χ0n) is 15.1. The van der Waals surface area contributed by atoms with Crippen LogP contribution in [0.2, 0.25) is 0 Å². The maximum atomic E-state index is 10.3. The summed E-state index contributed by atoms with van der Waals surface area (Å²) in [5.41, 5.74) is 4.61. The summed E-state index contributed by atoms with van der Waals surface area (Å²) in [5.74, 6) is 0.343. The number of rotatable bonds is 6. The lowest BCUT2D eigenvalue weighted by Gasteiger charge is -2.10. The van der Waals surface area contributed by atoms with Crippen LogP contribution >= 0.6 is 0 Å². The van der Waals surface area contributed by atoms with Gasteiger partial charge in [-0.1, -0.05) is 35.4 Å². The van der Waals surface area contributed by atoms with Crippen LogP contribution in [-0.2, 0) is 6.42 Å². The van der Waals surface area contributed by atoms with Crippen LogP contribution in [0.15, 0.2) is 59.7 Å². The lowest BCUT2D eigenvalue weighted by molar-refractivity contribution is 0.441. The summed E-state index contributed by atoms with van der Waals surface area (Å²) in [4.78, 5) is 0. The van der Waals surface area contributed by atoms with E-state index in [0.29, 0.717) is 17.5 Å². The molecule has 0 heterocycles. The second-order valence-corrected chi connectivity index (χ2v) is 6.61. The molecule has 3 heteroatoms. The normalized spacial score (nSPS) is 11.4. The van der Waals surface area contributed by atoms with Gasteiger partial charge >= 0.3 is 0 Å². The number of hydrogen-bond donors (Lipinski definition) is 3. The number of allylic oxidation sites excluding steroid dienone is 4. The highest BCUT2D eigenvalue weighted by Gasteiger charge is 2.10. The van der Waals surface area contributed by atoms with Crippen molar-refractivity contribution in [3.05, 3.63) is 65.3 Å². The maximum absolute atomic E-state index is 10.3. The predicted molar refractivity (Wildman–Crippen MR) is 103 cm³/mol. The van der Waals surface area contributed by atoms with Crippen molar-refractivity contribution < 1.29 is 15.3 Å². The highest BCUT2D eigenvalue weighted by atomic mass is 16.3. The van der Waals surface area contributed by atoms with Gasteiger partial charge in [0, 0.05) is 5.56 Å². The molecule has 0 aromatic heterocycles. The zero-order chi connectivity index (χ0) is 18.4. The fourth-order valence-electron chi connectivity index (χ4n) is 2.64. The molecule has 0 unspecified atom stereocenters. The van der Waals surface area contributed by atoms with Crippen molar-refractivity contribution in [1.29, 1.82) is 0 Å². The third-order valence-electron chi connectivity index (χ3n) is 4.15. The van der Waals surface area contributed by atoms with Gasteiger partial charge in [0.25, 0.3) is 0 Å². The van der Waals surface area contributed by atoms with Crippen LogP contribution in [-0.4, -0.2) is 15.3 Å². The van der Waals surface area contributed by atoms with E-state index in [4.69, 9.17) is 0 Å². The van der Waals surface area contributed by atoms with Crippen LogP contribution in [0.25, 0.3) is 11.1 Å². The number of phenols is 3. The molecule has 0 radical (unpaired) electrons. The first-order valence-electron chi connectivity index (χ1n) is 8.50. The maximum Gasteiger partial charge on any atom is 0.123 e. The van der Waals surface area contributed by atoms with E-state index in [1.165, 1.54) is 11.1 Å². The van der Waals surface area contributed by atoms with Gasteiger partial charge in [0.15, 0.2) is 0 Å². The van der Waals surface area contributed by atoms with Crippen molar-refractivity contribution >= 4 is 0 Å². The van der Waals surface area contributed by atoms with E-state index in [1.54, 1.807) is 36.4 Å². The van der Waals surface area contributed by atoms with Crippen molar-refractivity contribution in [2.24, 2.45) is 0 Å². The Hall–Kier alpha value is -2.68. The van der Waals surface area contributed by atoms with Gasteiger partial charge < -0.3 is 15.3 Å². The van der Waals surface area contributed by atoms with Gasteiger partial charge in [-0.15, -0.1) is 0 Å². The van der Waals surface area contributed by atoms with E-state index >= 15 is 0 Å². The van der Waals surface area contributed by atoms with Gasteiger partial charge in [-0.2, -0.15) is 0 Å². The molecule has 0 amide bonds. The summed E-state index contributed by atoms with van der Waals surface area (Å²) in [6.45, 7) is 6.24. The van der Waals surface area contributed by atoms with Crippen molar-refractivity contribution in [1.82, 2.24) is 0 Å². The van der Waals surface area contributed by atoms with Crippen LogP contribution in [0.1, 0.15) is 39.2 Å². The molecule has 0 bridgehead atoms. The van der Waals surface area contributed by atoms with E-state index in [9.17, 15) is 15.3 Å². The fourth-order valence-corrected chi connectivity index (χ4v) is 2.64. The summed E-state index contributed by atoms with van der Waals surface area (Å²) in [6, 6.07) is 9.94. The second kappa shape index (κ2) is 8.43. The lowest BCUT2D eigenvalue weighted by Crippen LogP contribution is -1.88. The third kappa shape index (κ3) is 5.42. The van der Waals surface area contributed by atoms with Gasteiger partial charge in [0.1, 0.15) is 17.2 Å². The van der Waals surface area contributed by atoms with Gasteiger partial charge in [0.05, 0.1) is 0 Å². The molecule has 0 saturated heterocycles. The quantitative estimate of drug-likeness (QED) is 0.592. The van der Waals surface area contributed by atoms with E-state index in [2.05, 4.69) is 26.8 Å². The molecule has 2 rings (SSSR count). The molecular weight excluding hydrogens is 312 g/mol. The molecule has 0 saturated carbocycles. The Kier molecular flexibility index (Phi) is 6.29. The molecular formula is C22H26O3. The molecule has 2 aromatic rings. The Morgan fingerprint density at radius 1 is 0.840 bits per heavy atom. The van der Waals surface area contributed by atoms with Gasteiger partial charge in [-0.3, -0.25) is 0 Å². The fraction of sp³-hybridized carbons (Fsp3) is 0.273. The molecule has 0 fully saturated rings. The third-order valence-corrected chi connectivity index (χ3v) is 4.15. The van der Waals surface area contributed by atoms with E-state index in [0.717, 1.165) is 18.4 Å². The highest BCUT2D eigenvalue weighted by molar-refractivity contribution is 5.69. The van der Waals surface area contributed by atoms with Gasteiger partial charge in [0.2, 0.25) is 0 Å². The van der Waals surface area contributed by atoms with Crippen molar-refractivity contribution in [3.8, 4) is 28.4 Å². The van der Waals surface area contributed by atoms with Crippen LogP contribution in [0.5, 0.6) is 17.2 Å². The number of aromatic hydroxyl groups is 3. The van der Waals surface area contributed by atoms with Crippen LogP contribution < -0.4 is 0 Å². The van der Waals surface area contributed by atoms with Crippen molar-refractivity contribution in [2.75, 3.05) is 0 Å². The van der Waals surface area contributed by atoms with E-state index in [1.807, 2.05) is 6.08 Å². The average Bonchev–Trinajstić information content (AvgIpc) is 2.54. The number of benzene rings is 2. The van der Waals surface area contributed by atoms with Crippen LogP contribution in [0.4, 0.5) is 0 Å². The SMILES string of the molecule is CC(C)=CCCC(C)=CCc1c(O)cc(-c2ccc(O)cc2)cc1O. The number of phenolic OH excluding ortho intramolecular Hbond substituents is 3. The highest BCUT2D eigenvalue weighted by Crippen LogP contribution is 2.35. The standard InChI is InChI=1S/C22H26O3/c1-15(2)5-4-6-16(3)7-12-20-21(24)13-18(14-22(20)25)17-8-10-19(23)11-9-17/h5,7-11,13-14,23-25H,4,6,12H2,1-3H3. The Morgan fingerprint density at radius 3 is 2.00 bits per heavy atom. The minimum atomic E-state index is 0.0800. The topological polar surface area (TPSA) is 60.7 Å². The Balaban J connectivity index is 2.14. The first-order chi connectivity index (χ1) is 11.9. The molecule has 0 spiro atoms. The first-order valence-corrected chi connectivity index (χ1v) is 8.50. The Bertz CT molecular complexity index is 756. The molecule has 2 aromatic carbocycles. The van der Waals surface area contributed by atoms with Crippen molar-refractivity contribution in [3.63, 3.8) is 0 Å². The molecule has 0 aliphatic heterocycles. The minimum Gasteiger partial charge on any atom is -0.508 e. The summed E-state index contributed by atoms with van der Waals surface area (Å²) in [7, 11) is 0. The van der Waals surface area contributed by atoms with Crippen molar-refractivity contribution in [2.45, 2.75) is 40.0 Å². The van der Waals surface area contributed by atoms with Crippen LogP contribution in [0.3, 0.4) is 0 Å². The molecule has 3 nitrogen and oxygen atoms in total. The van der Waals surface area contributed by atoms with E-state index < -0.39 is 0 Å². The summed E-state index contributed by atoms with van der Waals surface area (Å²) >= 11 is 0. The number of hydrogen-bond acceptors (Lipinski definition) is 3. The Morgan fingerprint density at radius 2 is 1.44 bits per heavy atom. The molecule has 132 valence electrons. The monoisotopic (exact) mass is 338 g/mol. The van der Waals surface area contributed by atoms with E-state index in [-0.39, 0.29) is 17.2 Å². The largest absolute Gasteiger partial charge is 0.508 e. The second-order valence-electron chi connectivity index (χ2n) is 6.61. The minimum absolute atomic E-state index is 0.0800. The lowest BCUT2D eigenvalue weighted by atomic mass is 9.99. The van der Waals surface area contributed by atoms with Crippen LogP contribution in [0, 0.1) is 0 Å². The average molecular weight is 338 g/mol. The summed E-state index contributed by atoms with van der Waals surface area (Å²) in [6.07, 6.45) is 6.72. The summed E-state index contributed by atoms with van der Waals surface area (Å²) < 4.78 is 0. The molecule has 3 N–H and O–H groups in total. The molecule has 25 heavy (non-hydrogen) atoms. The first kappa shape index (κ1) is 18.7. The van der Waals surface area contributed by atoms with Gasteiger partial charge in [-0.25, -0.2) is 0 Å². The Labute approximate surface area is 149 Å². The molecule has 0 aliphatic carbocycles. The summed E-state index contributed by atoms with van der Waals surface area (Å²) in [5, 5.41) is 30.0. The molecule has 0 atom stereocenters. The van der Waals surface area contributed by atoms with Gasteiger partial charge in [-0.05, 0) is 75.4 Å². The predicted octanol–water partition coefficient (Wildman–Crippen LogP) is 5.71. The smallest absolute Gasteiger partial charge is 0.123 e. The zero-order valence-corrected chi connectivity index (χ0v) is 15.1. The molecule has 0 aliphatic rings.